The molecule has 2 atom stereocenters. The monoisotopic (exact) mass is 264 g/mol. The van der Waals surface area contributed by atoms with Crippen molar-refractivity contribution in [2.24, 2.45) is 0 Å². The summed E-state index contributed by atoms with van der Waals surface area (Å²) in [4.78, 5) is 0. The molecule has 102 valence electrons. The summed E-state index contributed by atoms with van der Waals surface area (Å²) in [5.41, 5.74) is 0. The molecule has 0 aliphatic heterocycles. The van der Waals surface area contributed by atoms with E-state index in [1.165, 1.54) is 12.8 Å². The van der Waals surface area contributed by atoms with Crippen LogP contribution in [0.15, 0.2) is 0 Å². The van der Waals surface area contributed by atoms with Crippen LogP contribution in [0.25, 0.3) is 0 Å². The molecule has 1 fully saturated rings. The molecule has 0 spiro atoms. The lowest BCUT2D eigenvalue weighted by Crippen LogP contribution is -2.42. The Labute approximate surface area is 104 Å². The summed E-state index contributed by atoms with van der Waals surface area (Å²) in [6, 6.07) is 0.537. The minimum atomic E-state index is -3.23. The van der Waals surface area contributed by atoms with Gasteiger partial charge in [0.25, 0.3) is 0 Å². The molecule has 0 bridgehead atoms. The highest BCUT2D eigenvalue weighted by Crippen LogP contribution is 2.18. The predicted octanol–water partition coefficient (Wildman–Crippen LogP) is 0.471. The van der Waals surface area contributed by atoms with E-state index in [1.807, 2.05) is 13.8 Å². The summed E-state index contributed by atoms with van der Waals surface area (Å²) < 4.78 is 31.6. The number of nitrogens with one attached hydrogen (secondary N) is 2. The van der Waals surface area contributed by atoms with Crippen molar-refractivity contribution in [2.75, 3.05) is 19.7 Å². The number of rotatable bonds is 9. The first-order chi connectivity index (χ1) is 7.95. The van der Waals surface area contributed by atoms with Gasteiger partial charge >= 0.3 is 0 Å². The summed E-state index contributed by atoms with van der Waals surface area (Å²) in [6.07, 6.45) is 2.25. The maximum absolute atomic E-state index is 11.9. The first-order valence-corrected chi connectivity index (χ1v) is 7.83. The van der Waals surface area contributed by atoms with E-state index in [-0.39, 0.29) is 6.10 Å². The van der Waals surface area contributed by atoms with E-state index in [9.17, 15) is 8.42 Å². The average Bonchev–Trinajstić information content (AvgIpc) is 3.07. The predicted molar refractivity (Wildman–Crippen MR) is 68.5 cm³/mol. The molecule has 5 nitrogen and oxygen atoms in total. The fraction of sp³-hybridized carbons (Fsp3) is 1.00. The highest BCUT2D eigenvalue weighted by atomic mass is 32.2. The van der Waals surface area contributed by atoms with Gasteiger partial charge in [-0.25, -0.2) is 13.1 Å². The van der Waals surface area contributed by atoms with Gasteiger partial charge in [-0.2, -0.15) is 0 Å². The van der Waals surface area contributed by atoms with Crippen molar-refractivity contribution in [2.45, 2.75) is 51.0 Å². The van der Waals surface area contributed by atoms with E-state index < -0.39 is 15.3 Å². The van der Waals surface area contributed by atoms with Gasteiger partial charge in [0.05, 0.1) is 11.4 Å². The minimum Gasteiger partial charge on any atom is -0.377 e. The number of sulfonamides is 1. The molecule has 0 aromatic carbocycles. The summed E-state index contributed by atoms with van der Waals surface area (Å²) >= 11 is 0. The van der Waals surface area contributed by atoms with Crippen LogP contribution in [0.5, 0.6) is 0 Å². The highest BCUT2D eigenvalue weighted by molar-refractivity contribution is 7.90. The molecule has 0 saturated heterocycles. The van der Waals surface area contributed by atoms with Gasteiger partial charge in [0.2, 0.25) is 10.0 Å². The van der Waals surface area contributed by atoms with Crippen molar-refractivity contribution in [3.05, 3.63) is 0 Å². The third-order valence-electron chi connectivity index (χ3n) is 2.82. The molecule has 2 N–H and O–H groups in total. The standard InChI is InChI=1S/C11H24N2O3S/c1-4-16-9(2)7-13-17(14,15)10(3)8-12-11-5-6-11/h9-13H,4-8H2,1-3H3. The Morgan fingerprint density at radius 2 is 1.94 bits per heavy atom. The average molecular weight is 264 g/mol. The molecule has 0 aromatic rings. The first-order valence-electron chi connectivity index (χ1n) is 6.29. The van der Waals surface area contributed by atoms with Crippen LogP contribution in [0.3, 0.4) is 0 Å². The summed E-state index contributed by atoms with van der Waals surface area (Å²) in [7, 11) is -3.23. The van der Waals surface area contributed by atoms with Gasteiger partial charge in [-0.05, 0) is 33.6 Å². The van der Waals surface area contributed by atoms with Crippen LogP contribution >= 0.6 is 0 Å². The lowest BCUT2D eigenvalue weighted by Gasteiger charge is -2.17. The summed E-state index contributed by atoms with van der Waals surface area (Å²) in [6.45, 7) is 6.93. The number of hydrogen-bond acceptors (Lipinski definition) is 4. The van der Waals surface area contributed by atoms with E-state index in [1.54, 1.807) is 6.92 Å². The Balaban J connectivity index is 2.27. The van der Waals surface area contributed by atoms with E-state index in [2.05, 4.69) is 10.0 Å². The van der Waals surface area contributed by atoms with Crippen molar-refractivity contribution in [3.63, 3.8) is 0 Å². The Hall–Kier alpha value is -0.170. The van der Waals surface area contributed by atoms with Gasteiger partial charge in [0.1, 0.15) is 0 Å². The molecular formula is C11H24N2O3S. The second-order valence-electron chi connectivity index (χ2n) is 4.65. The van der Waals surface area contributed by atoms with Crippen molar-refractivity contribution < 1.29 is 13.2 Å². The molecule has 0 heterocycles. The SMILES string of the molecule is CCOC(C)CNS(=O)(=O)C(C)CNC1CC1. The van der Waals surface area contributed by atoms with E-state index >= 15 is 0 Å². The molecule has 1 aliphatic carbocycles. The first kappa shape index (κ1) is 14.9. The molecule has 17 heavy (non-hydrogen) atoms. The van der Waals surface area contributed by atoms with Crippen molar-refractivity contribution >= 4 is 10.0 Å². The fourth-order valence-corrected chi connectivity index (χ4v) is 2.52. The third-order valence-corrected chi connectivity index (χ3v) is 4.62. The summed E-state index contributed by atoms with van der Waals surface area (Å²) in [5.74, 6) is 0. The van der Waals surface area contributed by atoms with Crippen molar-refractivity contribution in [1.29, 1.82) is 0 Å². The molecule has 1 rings (SSSR count). The maximum Gasteiger partial charge on any atom is 0.215 e. The van der Waals surface area contributed by atoms with Gasteiger partial charge < -0.3 is 10.1 Å². The molecule has 0 aromatic heterocycles. The zero-order chi connectivity index (χ0) is 12.9. The van der Waals surface area contributed by atoms with Gasteiger partial charge in [-0.1, -0.05) is 0 Å². The molecule has 1 aliphatic rings. The second kappa shape index (κ2) is 6.68. The van der Waals surface area contributed by atoms with Crippen LogP contribution < -0.4 is 10.0 Å². The Bertz CT molecular complexity index is 315. The van der Waals surface area contributed by atoms with Crippen LogP contribution in [0.4, 0.5) is 0 Å². The normalized spacial score (nSPS) is 20.2. The zero-order valence-corrected chi connectivity index (χ0v) is 11.7. The van der Waals surface area contributed by atoms with Gasteiger partial charge in [-0.3, -0.25) is 0 Å². The Morgan fingerprint density at radius 1 is 1.29 bits per heavy atom. The third kappa shape index (κ3) is 5.81. The van der Waals surface area contributed by atoms with Crippen LogP contribution in [0, 0.1) is 0 Å². The van der Waals surface area contributed by atoms with Gasteiger partial charge in [0, 0.05) is 25.7 Å². The smallest absolute Gasteiger partial charge is 0.215 e. The Kier molecular flexibility index (Phi) is 5.85. The van der Waals surface area contributed by atoms with E-state index in [0.29, 0.717) is 25.7 Å². The lowest BCUT2D eigenvalue weighted by molar-refractivity contribution is 0.0799. The van der Waals surface area contributed by atoms with Crippen LogP contribution in [-0.2, 0) is 14.8 Å². The largest absolute Gasteiger partial charge is 0.377 e. The maximum atomic E-state index is 11.9. The van der Waals surface area contributed by atoms with E-state index in [4.69, 9.17) is 4.74 Å². The van der Waals surface area contributed by atoms with Crippen LogP contribution in [-0.4, -0.2) is 45.5 Å². The molecule has 0 radical (unpaired) electrons. The Morgan fingerprint density at radius 3 is 2.47 bits per heavy atom. The molecule has 2 unspecified atom stereocenters. The molecular weight excluding hydrogens is 240 g/mol. The molecule has 0 amide bonds. The number of ether oxygens (including phenoxy) is 1. The van der Waals surface area contributed by atoms with Crippen molar-refractivity contribution in [3.8, 4) is 0 Å². The quantitative estimate of drug-likeness (QED) is 0.635. The highest BCUT2D eigenvalue weighted by Gasteiger charge is 2.25. The molecule has 6 heteroatoms. The molecule has 1 saturated carbocycles. The number of hydrogen-bond donors (Lipinski definition) is 2. The van der Waals surface area contributed by atoms with Gasteiger partial charge in [-0.15, -0.1) is 0 Å². The van der Waals surface area contributed by atoms with Crippen LogP contribution in [0.2, 0.25) is 0 Å². The topological polar surface area (TPSA) is 67.4 Å². The summed E-state index contributed by atoms with van der Waals surface area (Å²) in [5, 5.41) is 2.82. The lowest BCUT2D eigenvalue weighted by atomic mass is 10.4. The fourth-order valence-electron chi connectivity index (χ4n) is 1.45. The van der Waals surface area contributed by atoms with Crippen LogP contribution in [0.1, 0.15) is 33.6 Å². The van der Waals surface area contributed by atoms with Gasteiger partial charge in [0.15, 0.2) is 0 Å². The minimum absolute atomic E-state index is 0.0848. The zero-order valence-electron chi connectivity index (χ0n) is 10.9. The second-order valence-corrected chi connectivity index (χ2v) is 6.84. The van der Waals surface area contributed by atoms with Crippen molar-refractivity contribution in [1.82, 2.24) is 10.0 Å². The van der Waals surface area contributed by atoms with E-state index in [0.717, 1.165) is 0 Å².